The Kier molecular flexibility index (Phi) is 6.75. The Morgan fingerprint density at radius 2 is 2.18 bits per heavy atom. The predicted octanol–water partition coefficient (Wildman–Crippen LogP) is 2.30. The Labute approximate surface area is 113 Å². The highest BCUT2D eigenvalue weighted by Crippen LogP contribution is 2.11. The summed E-state index contributed by atoms with van der Waals surface area (Å²) in [6.45, 7) is 6.95. The zero-order chi connectivity index (χ0) is 12.2. The predicted molar refractivity (Wildman–Crippen MR) is 75.8 cm³/mol. The monoisotopic (exact) mass is 276 g/mol. The van der Waals surface area contributed by atoms with Crippen molar-refractivity contribution in [3.63, 3.8) is 0 Å². The number of nitrogens with zero attached hydrogens (tertiary/aromatic N) is 1. The lowest BCUT2D eigenvalue weighted by Crippen LogP contribution is -2.51. The van der Waals surface area contributed by atoms with Gasteiger partial charge in [-0.2, -0.15) is 0 Å². The van der Waals surface area contributed by atoms with E-state index < -0.39 is 5.54 Å². The van der Waals surface area contributed by atoms with Crippen molar-refractivity contribution < 1.29 is 4.79 Å². The second-order valence-corrected chi connectivity index (χ2v) is 5.47. The van der Waals surface area contributed by atoms with Gasteiger partial charge in [-0.3, -0.25) is 4.79 Å². The van der Waals surface area contributed by atoms with Crippen molar-refractivity contribution >= 4 is 29.7 Å². The molecule has 1 rings (SSSR count). The van der Waals surface area contributed by atoms with E-state index in [1.54, 1.807) is 25.2 Å². The summed E-state index contributed by atoms with van der Waals surface area (Å²) >= 11 is 1.73. The van der Waals surface area contributed by atoms with Crippen LogP contribution in [0.1, 0.15) is 25.6 Å². The van der Waals surface area contributed by atoms with Crippen LogP contribution in [0.15, 0.2) is 17.5 Å². The van der Waals surface area contributed by atoms with Gasteiger partial charge in [-0.25, -0.2) is 0 Å². The van der Waals surface area contributed by atoms with E-state index in [0.717, 1.165) is 13.0 Å². The molecular formula is C12H21ClN2OS. The van der Waals surface area contributed by atoms with Gasteiger partial charge in [-0.05, 0) is 38.6 Å². The molecule has 2 N–H and O–H groups in total. The first kappa shape index (κ1) is 16.4. The molecule has 1 heterocycles. The van der Waals surface area contributed by atoms with Crippen LogP contribution in [-0.4, -0.2) is 29.4 Å². The van der Waals surface area contributed by atoms with Gasteiger partial charge < -0.3 is 10.6 Å². The molecule has 1 aromatic heterocycles. The average molecular weight is 277 g/mol. The third kappa shape index (κ3) is 5.06. The molecule has 0 spiro atoms. The van der Waals surface area contributed by atoms with Crippen LogP contribution in [0.25, 0.3) is 0 Å². The number of hydrogen-bond acceptors (Lipinski definition) is 3. The van der Waals surface area contributed by atoms with E-state index in [1.807, 2.05) is 17.9 Å². The number of nitrogens with two attached hydrogens (primary N) is 1. The number of halogens is 1. The van der Waals surface area contributed by atoms with Crippen molar-refractivity contribution in [3.8, 4) is 0 Å². The van der Waals surface area contributed by atoms with Crippen molar-refractivity contribution in [3.05, 3.63) is 22.4 Å². The first-order valence-corrected chi connectivity index (χ1v) is 6.43. The van der Waals surface area contributed by atoms with E-state index in [4.69, 9.17) is 5.73 Å². The van der Waals surface area contributed by atoms with Gasteiger partial charge in [-0.1, -0.05) is 6.07 Å². The van der Waals surface area contributed by atoms with Crippen LogP contribution in [0, 0.1) is 0 Å². The quantitative estimate of drug-likeness (QED) is 0.897. The highest BCUT2D eigenvalue weighted by atomic mass is 35.5. The van der Waals surface area contributed by atoms with Crippen molar-refractivity contribution in [1.82, 2.24) is 4.90 Å². The molecule has 0 fully saturated rings. The second kappa shape index (κ2) is 6.99. The maximum absolute atomic E-state index is 12.0. The van der Waals surface area contributed by atoms with Crippen LogP contribution in [0.3, 0.4) is 0 Å². The van der Waals surface area contributed by atoms with Gasteiger partial charge in [0.05, 0.1) is 5.54 Å². The normalized spacial score (nSPS) is 10.8. The number of carbonyl (C=O) groups excluding carboxylic acids is 1. The number of carbonyl (C=O) groups is 1. The number of amides is 1. The Hall–Kier alpha value is -0.580. The highest BCUT2D eigenvalue weighted by Gasteiger charge is 2.26. The first-order valence-electron chi connectivity index (χ1n) is 5.55. The van der Waals surface area contributed by atoms with Crippen molar-refractivity contribution in [2.75, 3.05) is 13.1 Å². The third-order valence-electron chi connectivity index (χ3n) is 2.43. The van der Waals surface area contributed by atoms with Crippen LogP contribution >= 0.6 is 23.7 Å². The van der Waals surface area contributed by atoms with Crippen LogP contribution in [0.2, 0.25) is 0 Å². The molecule has 0 saturated heterocycles. The molecule has 0 aliphatic carbocycles. The molecule has 5 heteroatoms. The largest absolute Gasteiger partial charge is 0.341 e. The standard InChI is InChI=1S/C12H20N2OS.ClH/c1-4-14(11(15)12(2,3)13)8-7-10-6-5-9-16-10;/h5-6,9H,4,7-8,13H2,1-3H3;1H. The van der Waals surface area contributed by atoms with Crippen molar-refractivity contribution in [2.45, 2.75) is 32.7 Å². The van der Waals surface area contributed by atoms with E-state index in [2.05, 4.69) is 11.4 Å². The number of rotatable bonds is 5. The zero-order valence-electron chi connectivity index (χ0n) is 10.6. The Morgan fingerprint density at radius 3 is 2.59 bits per heavy atom. The Bertz CT molecular complexity index is 333. The van der Waals surface area contributed by atoms with Gasteiger partial charge in [-0.15, -0.1) is 23.7 Å². The first-order chi connectivity index (χ1) is 7.45. The van der Waals surface area contributed by atoms with Crippen LogP contribution in [0.5, 0.6) is 0 Å². The summed E-state index contributed by atoms with van der Waals surface area (Å²) in [5, 5.41) is 2.06. The Morgan fingerprint density at radius 1 is 1.53 bits per heavy atom. The molecule has 0 saturated carbocycles. The fraction of sp³-hybridized carbons (Fsp3) is 0.583. The van der Waals surface area contributed by atoms with Gasteiger partial charge in [0.25, 0.3) is 0 Å². The smallest absolute Gasteiger partial charge is 0.242 e. The summed E-state index contributed by atoms with van der Waals surface area (Å²) in [5.41, 5.74) is 5.04. The summed E-state index contributed by atoms with van der Waals surface area (Å²) in [6, 6.07) is 4.13. The number of likely N-dealkylation sites (N-methyl/N-ethyl adjacent to an activating group) is 1. The molecule has 1 amide bonds. The summed E-state index contributed by atoms with van der Waals surface area (Å²) in [5.74, 6) is 0.0200. The van der Waals surface area contributed by atoms with Gasteiger partial charge in [0.15, 0.2) is 0 Å². The molecule has 0 bridgehead atoms. The molecule has 0 aliphatic rings. The van der Waals surface area contributed by atoms with Gasteiger partial charge in [0.2, 0.25) is 5.91 Å². The molecule has 0 aliphatic heterocycles. The van der Waals surface area contributed by atoms with Gasteiger partial charge >= 0.3 is 0 Å². The molecule has 17 heavy (non-hydrogen) atoms. The maximum atomic E-state index is 12.0. The van der Waals surface area contributed by atoms with Crippen molar-refractivity contribution in [2.24, 2.45) is 5.73 Å². The summed E-state index contributed by atoms with van der Waals surface area (Å²) < 4.78 is 0. The lowest BCUT2D eigenvalue weighted by molar-refractivity contribution is -0.135. The molecule has 0 aromatic carbocycles. The van der Waals surface area contributed by atoms with E-state index >= 15 is 0 Å². The number of thiophene rings is 1. The molecule has 3 nitrogen and oxygen atoms in total. The topological polar surface area (TPSA) is 46.3 Å². The minimum absolute atomic E-state index is 0. The second-order valence-electron chi connectivity index (χ2n) is 4.44. The zero-order valence-corrected chi connectivity index (χ0v) is 12.2. The van der Waals surface area contributed by atoms with E-state index in [1.165, 1.54) is 4.88 Å². The summed E-state index contributed by atoms with van der Waals surface area (Å²) in [6.07, 6.45) is 0.910. The SMILES string of the molecule is CCN(CCc1cccs1)C(=O)C(C)(C)N.Cl. The summed E-state index contributed by atoms with van der Waals surface area (Å²) in [4.78, 5) is 15.1. The van der Waals surface area contributed by atoms with Crippen LogP contribution < -0.4 is 5.73 Å². The molecule has 1 aromatic rings. The molecule has 0 radical (unpaired) electrons. The minimum Gasteiger partial charge on any atom is -0.341 e. The fourth-order valence-electron chi connectivity index (χ4n) is 1.51. The lowest BCUT2D eigenvalue weighted by atomic mass is 10.1. The van der Waals surface area contributed by atoms with Crippen LogP contribution in [0.4, 0.5) is 0 Å². The van der Waals surface area contributed by atoms with Gasteiger partial charge in [0.1, 0.15) is 0 Å². The fourth-order valence-corrected chi connectivity index (χ4v) is 2.21. The molecular weight excluding hydrogens is 256 g/mol. The van der Waals surface area contributed by atoms with Crippen molar-refractivity contribution in [1.29, 1.82) is 0 Å². The lowest BCUT2D eigenvalue weighted by Gasteiger charge is -2.28. The molecule has 98 valence electrons. The Balaban J connectivity index is 0.00000256. The van der Waals surface area contributed by atoms with E-state index in [9.17, 15) is 4.79 Å². The average Bonchev–Trinajstić information content (AvgIpc) is 2.69. The maximum Gasteiger partial charge on any atom is 0.242 e. The minimum atomic E-state index is -0.772. The number of hydrogen-bond donors (Lipinski definition) is 1. The van der Waals surface area contributed by atoms with E-state index in [-0.39, 0.29) is 18.3 Å². The molecule has 0 unspecified atom stereocenters. The third-order valence-corrected chi connectivity index (χ3v) is 3.36. The summed E-state index contributed by atoms with van der Waals surface area (Å²) in [7, 11) is 0. The van der Waals surface area contributed by atoms with E-state index in [0.29, 0.717) is 6.54 Å². The highest BCUT2D eigenvalue weighted by molar-refractivity contribution is 7.09. The van der Waals surface area contributed by atoms with Gasteiger partial charge in [0, 0.05) is 18.0 Å². The van der Waals surface area contributed by atoms with Crippen LogP contribution in [-0.2, 0) is 11.2 Å². The molecule has 0 atom stereocenters.